The lowest BCUT2D eigenvalue weighted by Gasteiger charge is -2.10. The number of primary amides is 1. The van der Waals surface area contributed by atoms with Crippen LogP contribution < -0.4 is 11.1 Å². The van der Waals surface area contributed by atoms with Crippen LogP contribution in [0.4, 0.5) is 0 Å². The van der Waals surface area contributed by atoms with E-state index in [2.05, 4.69) is 10.4 Å². The van der Waals surface area contributed by atoms with Crippen LogP contribution in [0.2, 0.25) is 0 Å². The van der Waals surface area contributed by atoms with E-state index in [0.717, 1.165) is 6.08 Å². The molecule has 0 aliphatic rings. The van der Waals surface area contributed by atoms with Crippen molar-refractivity contribution in [1.29, 1.82) is 0 Å². The highest BCUT2D eigenvalue weighted by molar-refractivity contribution is 5.95. The number of aryl methyl sites for hydroxylation is 1. The molecule has 1 aromatic heterocycles. The lowest BCUT2D eigenvalue weighted by molar-refractivity contribution is -0.142. The highest BCUT2D eigenvalue weighted by Crippen LogP contribution is 1.99. The highest BCUT2D eigenvalue weighted by atomic mass is 16.4. The van der Waals surface area contributed by atoms with Crippen molar-refractivity contribution >= 4 is 23.9 Å². The van der Waals surface area contributed by atoms with Gasteiger partial charge in [0.1, 0.15) is 6.04 Å². The van der Waals surface area contributed by atoms with Gasteiger partial charge in [0, 0.05) is 24.9 Å². The van der Waals surface area contributed by atoms with Gasteiger partial charge in [-0.05, 0) is 6.08 Å². The molecule has 0 aliphatic heterocycles. The second-order valence-corrected chi connectivity index (χ2v) is 3.85. The van der Waals surface area contributed by atoms with Gasteiger partial charge in [-0.3, -0.25) is 14.3 Å². The average molecular weight is 266 g/mol. The molecule has 19 heavy (non-hydrogen) atoms. The molecule has 0 saturated heterocycles. The molecule has 8 nitrogen and oxygen atoms in total. The number of nitrogens with two attached hydrogens (primary N) is 1. The summed E-state index contributed by atoms with van der Waals surface area (Å²) in [5.74, 6) is -2.75. The lowest BCUT2D eigenvalue weighted by Crippen LogP contribution is -2.42. The van der Waals surface area contributed by atoms with E-state index in [9.17, 15) is 14.4 Å². The van der Waals surface area contributed by atoms with Crippen molar-refractivity contribution in [2.45, 2.75) is 12.5 Å². The summed E-state index contributed by atoms with van der Waals surface area (Å²) in [6, 6.07) is -1.33. The van der Waals surface area contributed by atoms with Gasteiger partial charge in [-0.2, -0.15) is 5.10 Å². The van der Waals surface area contributed by atoms with Crippen molar-refractivity contribution < 1.29 is 19.5 Å². The second-order valence-electron chi connectivity index (χ2n) is 3.85. The number of hydrogen-bond donors (Lipinski definition) is 3. The molecule has 0 aromatic carbocycles. The molecular formula is C11H14N4O4. The SMILES string of the molecule is Cn1cc(C=CC(=O)N[C@@H](CC(N)=O)C(=O)O)cn1. The van der Waals surface area contributed by atoms with Crippen molar-refractivity contribution in [1.82, 2.24) is 15.1 Å². The van der Waals surface area contributed by atoms with E-state index in [1.165, 1.54) is 6.08 Å². The molecule has 2 amide bonds. The fourth-order valence-corrected chi connectivity index (χ4v) is 1.32. The Labute approximate surface area is 108 Å². The predicted octanol–water partition coefficient (Wildman–Crippen LogP) is -1.12. The average Bonchev–Trinajstić information content (AvgIpc) is 2.71. The van der Waals surface area contributed by atoms with Crippen LogP contribution in [0.5, 0.6) is 0 Å². The third-order valence-electron chi connectivity index (χ3n) is 2.17. The molecular weight excluding hydrogens is 252 g/mol. The molecule has 0 spiro atoms. The summed E-state index contributed by atoms with van der Waals surface area (Å²) in [6.45, 7) is 0. The van der Waals surface area contributed by atoms with E-state index >= 15 is 0 Å². The molecule has 0 bridgehead atoms. The highest BCUT2D eigenvalue weighted by Gasteiger charge is 2.20. The third kappa shape index (κ3) is 5.02. The maximum absolute atomic E-state index is 11.5. The number of carboxylic acids is 1. The molecule has 0 saturated carbocycles. The summed E-state index contributed by atoms with van der Waals surface area (Å²) in [7, 11) is 1.73. The molecule has 1 atom stereocenters. The van der Waals surface area contributed by atoms with E-state index in [1.807, 2.05) is 0 Å². The Bertz CT molecular complexity index is 521. The molecule has 0 fully saturated rings. The summed E-state index contributed by atoms with van der Waals surface area (Å²) in [6.07, 6.45) is 5.41. The quantitative estimate of drug-likeness (QED) is 0.562. The molecule has 102 valence electrons. The number of carbonyl (C=O) groups is 3. The summed E-state index contributed by atoms with van der Waals surface area (Å²) in [5.41, 5.74) is 5.59. The molecule has 8 heteroatoms. The van der Waals surface area contributed by atoms with E-state index in [-0.39, 0.29) is 0 Å². The van der Waals surface area contributed by atoms with E-state index < -0.39 is 30.2 Å². The third-order valence-corrected chi connectivity index (χ3v) is 2.17. The van der Waals surface area contributed by atoms with E-state index in [0.29, 0.717) is 5.56 Å². The van der Waals surface area contributed by atoms with Crippen LogP contribution in [-0.4, -0.2) is 38.7 Å². The van der Waals surface area contributed by atoms with Crippen molar-refractivity contribution in [3.05, 3.63) is 24.0 Å². The topological polar surface area (TPSA) is 127 Å². The maximum Gasteiger partial charge on any atom is 0.326 e. The normalized spacial score (nSPS) is 12.3. The fourth-order valence-electron chi connectivity index (χ4n) is 1.32. The monoisotopic (exact) mass is 266 g/mol. The molecule has 0 unspecified atom stereocenters. The van der Waals surface area contributed by atoms with Crippen molar-refractivity contribution in [3.8, 4) is 0 Å². The van der Waals surface area contributed by atoms with Crippen LogP contribution >= 0.6 is 0 Å². The molecule has 1 heterocycles. The van der Waals surface area contributed by atoms with Gasteiger partial charge in [0.15, 0.2) is 0 Å². The lowest BCUT2D eigenvalue weighted by atomic mass is 10.2. The Morgan fingerprint density at radius 2 is 2.26 bits per heavy atom. The first-order chi connectivity index (χ1) is 8.88. The smallest absolute Gasteiger partial charge is 0.326 e. The Morgan fingerprint density at radius 3 is 2.74 bits per heavy atom. The van der Waals surface area contributed by atoms with Crippen molar-refractivity contribution in [2.75, 3.05) is 0 Å². The van der Waals surface area contributed by atoms with Crippen LogP contribution in [-0.2, 0) is 21.4 Å². The van der Waals surface area contributed by atoms with Gasteiger partial charge in [-0.15, -0.1) is 0 Å². The van der Waals surface area contributed by atoms with Crippen LogP contribution in [0.3, 0.4) is 0 Å². The van der Waals surface area contributed by atoms with Gasteiger partial charge in [-0.25, -0.2) is 4.79 Å². The number of nitrogens with zero attached hydrogens (tertiary/aromatic N) is 2. The number of nitrogens with one attached hydrogen (secondary N) is 1. The predicted molar refractivity (Wildman–Crippen MR) is 65.6 cm³/mol. The Kier molecular flexibility index (Phi) is 4.81. The zero-order valence-corrected chi connectivity index (χ0v) is 10.2. The van der Waals surface area contributed by atoms with Crippen molar-refractivity contribution in [3.63, 3.8) is 0 Å². The van der Waals surface area contributed by atoms with E-state index in [1.54, 1.807) is 24.1 Å². The summed E-state index contributed by atoms with van der Waals surface area (Å²) in [4.78, 5) is 32.9. The van der Waals surface area contributed by atoms with Gasteiger partial charge >= 0.3 is 5.97 Å². The number of amides is 2. The van der Waals surface area contributed by atoms with Crippen LogP contribution in [0.15, 0.2) is 18.5 Å². The second kappa shape index (κ2) is 6.34. The van der Waals surface area contributed by atoms with Gasteiger partial charge in [-0.1, -0.05) is 0 Å². The largest absolute Gasteiger partial charge is 0.480 e. The summed E-state index contributed by atoms with van der Waals surface area (Å²) < 4.78 is 1.56. The van der Waals surface area contributed by atoms with Gasteiger partial charge in [0.05, 0.1) is 12.6 Å². The maximum atomic E-state index is 11.5. The van der Waals surface area contributed by atoms with Crippen LogP contribution in [0.25, 0.3) is 6.08 Å². The Hall–Kier alpha value is -2.64. The number of hydrogen-bond acceptors (Lipinski definition) is 4. The molecule has 0 radical (unpaired) electrons. The summed E-state index contributed by atoms with van der Waals surface area (Å²) in [5, 5.41) is 14.9. The molecule has 4 N–H and O–H groups in total. The van der Waals surface area contributed by atoms with Gasteiger partial charge < -0.3 is 16.2 Å². The first-order valence-electron chi connectivity index (χ1n) is 5.37. The molecule has 0 aliphatic carbocycles. The minimum atomic E-state index is -1.33. The zero-order valence-electron chi connectivity index (χ0n) is 10.2. The number of aromatic nitrogens is 2. The number of carbonyl (C=O) groups excluding carboxylic acids is 2. The standard InChI is InChI=1S/C11H14N4O4/c1-15-6-7(5-13-15)2-3-10(17)14-8(11(18)19)4-9(12)16/h2-3,5-6,8H,4H2,1H3,(H2,12,16)(H,14,17)(H,18,19)/t8-/m0/s1. The molecule has 1 rings (SSSR count). The number of aliphatic carboxylic acids is 1. The first-order valence-corrected chi connectivity index (χ1v) is 5.37. The Morgan fingerprint density at radius 1 is 1.58 bits per heavy atom. The molecule has 1 aromatic rings. The van der Waals surface area contributed by atoms with Gasteiger partial charge in [0.2, 0.25) is 11.8 Å². The number of carboxylic acid groups (broad SMARTS) is 1. The van der Waals surface area contributed by atoms with Crippen LogP contribution in [0.1, 0.15) is 12.0 Å². The van der Waals surface area contributed by atoms with Crippen molar-refractivity contribution in [2.24, 2.45) is 12.8 Å². The number of rotatable bonds is 6. The summed E-state index contributed by atoms with van der Waals surface area (Å²) >= 11 is 0. The Balaban J connectivity index is 2.60. The van der Waals surface area contributed by atoms with E-state index in [4.69, 9.17) is 10.8 Å². The minimum absolute atomic E-state index is 0.457. The fraction of sp³-hybridized carbons (Fsp3) is 0.273. The van der Waals surface area contributed by atoms with Crippen LogP contribution in [0, 0.1) is 0 Å². The minimum Gasteiger partial charge on any atom is -0.480 e. The first kappa shape index (κ1) is 14.4. The van der Waals surface area contributed by atoms with Gasteiger partial charge in [0.25, 0.3) is 0 Å². The zero-order chi connectivity index (χ0) is 14.4.